The van der Waals surface area contributed by atoms with Crippen molar-refractivity contribution < 1.29 is 19.1 Å². The maximum atomic E-state index is 12.2. The van der Waals surface area contributed by atoms with Crippen LogP contribution >= 0.6 is 0 Å². The van der Waals surface area contributed by atoms with Crippen LogP contribution in [-0.2, 0) is 9.47 Å². The maximum Gasteiger partial charge on any atom is 0.414 e. The molecule has 1 aliphatic heterocycles. The number of esters is 1. The highest BCUT2D eigenvalue weighted by Crippen LogP contribution is 2.23. The van der Waals surface area contributed by atoms with Gasteiger partial charge >= 0.3 is 17.8 Å². The van der Waals surface area contributed by atoms with Gasteiger partial charge in [-0.2, -0.15) is 0 Å². The molecule has 1 N–H and O–H groups in total. The Balaban J connectivity index is 2.05. The van der Waals surface area contributed by atoms with Gasteiger partial charge in [0, 0.05) is 11.9 Å². The lowest BCUT2D eigenvalue weighted by atomic mass is 10.1. The van der Waals surface area contributed by atoms with E-state index in [-0.39, 0.29) is 12.2 Å². The fourth-order valence-electron chi connectivity index (χ4n) is 2.71. The standard InChI is InChI=1S/C17H17N3O6/c1-3-25-15(22)12-9-20(16(23)18-14(12)21)13-5-4-11(8-10(13)2)19-6-7-26-17(19)24/h4-5,8-9H,3,6-7H2,1-2H3,(H,18,21,23). The molecule has 9 heteroatoms. The fourth-order valence-corrected chi connectivity index (χ4v) is 2.71. The summed E-state index contributed by atoms with van der Waals surface area (Å²) in [7, 11) is 0. The lowest BCUT2D eigenvalue weighted by molar-refractivity contribution is 0.0523. The molecule has 1 aromatic carbocycles. The number of ether oxygens (including phenoxy) is 2. The molecule has 3 rings (SSSR count). The number of aryl methyl sites for hydroxylation is 1. The lowest BCUT2D eigenvalue weighted by Crippen LogP contribution is -2.33. The second kappa shape index (κ2) is 6.87. The Kier molecular flexibility index (Phi) is 4.61. The van der Waals surface area contributed by atoms with Crippen LogP contribution < -0.4 is 16.1 Å². The molecule has 1 aromatic heterocycles. The Labute approximate surface area is 147 Å². The zero-order valence-electron chi connectivity index (χ0n) is 14.3. The third-order valence-corrected chi connectivity index (χ3v) is 3.95. The minimum atomic E-state index is -0.809. The second-order valence-corrected chi connectivity index (χ2v) is 5.63. The number of anilines is 1. The van der Waals surface area contributed by atoms with Crippen molar-refractivity contribution in [1.82, 2.24) is 9.55 Å². The van der Waals surface area contributed by atoms with Gasteiger partial charge in [-0.25, -0.2) is 14.4 Å². The number of carbonyl (C=O) groups excluding carboxylic acids is 2. The Morgan fingerprint density at radius 2 is 2.08 bits per heavy atom. The predicted molar refractivity (Wildman–Crippen MR) is 92.0 cm³/mol. The van der Waals surface area contributed by atoms with E-state index >= 15 is 0 Å². The predicted octanol–water partition coefficient (Wildman–Crippen LogP) is 0.968. The summed E-state index contributed by atoms with van der Waals surface area (Å²) >= 11 is 0. The molecule has 0 saturated carbocycles. The van der Waals surface area contributed by atoms with E-state index in [4.69, 9.17) is 9.47 Å². The van der Waals surface area contributed by atoms with Crippen LogP contribution in [0.3, 0.4) is 0 Å². The minimum absolute atomic E-state index is 0.108. The molecule has 0 bridgehead atoms. The van der Waals surface area contributed by atoms with Crippen LogP contribution in [0, 0.1) is 6.92 Å². The molecule has 0 radical (unpaired) electrons. The zero-order chi connectivity index (χ0) is 18.8. The SMILES string of the molecule is CCOC(=O)c1cn(-c2ccc(N3CCOC3=O)cc2C)c(=O)[nH]c1=O. The molecule has 9 nitrogen and oxygen atoms in total. The number of amides is 1. The van der Waals surface area contributed by atoms with Gasteiger partial charge in [0.05, 0.1) is 18.8 Å². The average Bonchev–Trinajstić information content (AvgIpc) is 3.01. The first-order valence-corrected chi connectivity index (χ1v) is 8.00. The van der Waals surface area contributed by atoms with Crippen LogP contribution in [-0.4, -0.2) is 41.4 Å². The molecule has 2 aromatic rings. The number of rotatable bonds is 4. The summed E-state index contributed by atoms with van der Waals surface area (Å²) in [5.41, 5.74) is 0.0208. The van der Waals surface area contributed by atoms with E-state index in [1.165, 1.54) is 4.90 Å². The van der Waals surface area contributed by atoms with Crippen molar-refractivity contribution in [3.05, 3.63) is 56.4 Å². The van der Waals surface area contributed by atoms with Crippen LogP contribution in [0.1, 0.15) is 22.8 Å². The van der Waals surface area contributed by atoms with E-state index in [1.54, 1.807) is 32.0 Å². The Morgan fingerprint density at radius 3 is 2.69 bits per heavy atom. The van der Waals surface area contributed by atoms with Gasteiger partial charge in [0.25, 0.3) is 5.56 Å². The first-order chi connectivity index (χ1) is 12.4. The summed E-state index contributed by atoms with van der Waals surface area (Å²) in [5.74, 6) is -0.809. The molecule has 26 heavy (non-hydrogen) atoms. The minimum Gasteiger partial charge on any atom is -0.462 e. The summed E-state index contributed by atoms with van der Waals surface area (Å²) < 4.78 is 10.9. The number of aromatic nitrogens is 2. The molecule has 0 spiro atoms. The van der Waals surface area contributed by atoms with Crippen molar-refractivity contribution >= 4 is 17.7 Å². The van der Waals surface area contributed by atoms with Crippen molar-refractivity contribution in [3.63, 3.8) is 0 Å². The quantitative estimate of drug-likeness (QED) is 0.815. The monoisotopic (exact) mass is 359 g/mol. The number of H-pyrrole nitrogens is 1. The molecule has 136 valence electrons. The lowest BCUT2D eigenvalue weighted by Gasteiger charge is -2.16. The molecule has 0 aliphatic carbocycles. The highest BCUT2D eigenvalue weighted by atomic mass is 16.6. The van der Waals surface area contributed by atoms with Crippen molar-refractivity contribution in [2.45, 2.75) is 13.8 Å². The molecular weight excluding hydrogens is 342 g/mol. The van der Waals surface area contributed by atoms with Gasteiger partial charge in [0.2, 0.25) is 0 Å². The molecule has 1 saturated heterocycles. The van der Waals surface area contributed by atoms with Crippen LogP contribution in [0.15, 0.2) is 34.0 Å². The van der Waals surface area contributed by atoms with Gasteiger partial charge in [-0.1, -0.05) is 0 Å². The molecule has 0 atom stereocenters. The van der Waals surface area contributed by atoms with E-state index in [2.05, 4.69) is 4.98 Å². The largest absolute Gasteiger partial charge is 0.462 e. The molecular formula is C17H17N3O6. The number of aromatic amines is 1. The third-order valence-electron chi connectivity index (χ3n) is 3.95. The fraction of sp³-hybridized carbons (Fsp3) is 0.294. The topological polar surface area (TPSA) is 111 Å². The van der Waals surface area contributed by atoms with Gasteiger partial charge < -0.3 is 9.47 Å². The Bertz CT molecular complexity index is 991. The number of benzene rings is 1. The maximum absolute atomic E-state index is 12.2. The van der Waals surface area contributed by atoms with E-state index in [1.807, 2.05) is 0 Å². The van der Waals surface area contributed by atoms with Gasteiger partial charge in [-0.05, 0) is 37.6 Å². The number of cyclic esters (lactones) is 1. The normalized spacial score (nSPS) is 13.6. The van der Waals surface area contributed by atoms with E-state index in [9.17, 15) is 19.2 Å². The van der Waals surface area contributed by atoms with E-state index in [0.717, 1.165) is 10.8 Å². The molecule has 0 unspecified atom stereocenters. The van der Waals surface area contributed by atoms with E-state index < -0.39 is 23.3 Å². The summed E-state index contributed by atoms with van der Waals surface area (Å²) in [4.78, 5) is 51.2. The van der Waals surface area contributed by atoms with Crippen molar-refractivity contribution in [2.75, 3.05) is 24.7 Å². The number of nitrogens with zero attached hydrogens (tertiary/aromatic N) is 2. The first kappa shape index (κ1) is 17.5. The summed E-state index contributed by atoms with van der Waals surface area (Å²) in [6.07, 6.45) is 0.730. The summed E-state index contributed by atoms with van der Waals surface area (Å²) in [6.45, 7) is 4.25. The first-order valence-electron chi connectivity index (χ1n) is 8.00. The zero-order valence-corrected chi connectivity index (χ0v) is 14.3. The van der Waals surface area contributed by atoms with Gasteiger partial charge in [-0.3, -0.25) is 19.2 Å². The molecule has 1 amide bonds. The summed E-state index contributed by atoms with van der Waals surface area (Å²) in [6, 6.07) is 5.02. The molecule has 1 fully saturated rings. The summed E-state index contributed by atoms with van der Waals surface area (Å²) in [5, 5.41) is 0. The van der Waals surface area contributed by atoms with Crippen LogP contribution in [0.5, 0.6) is 0 Å². The van der Waals surface area contributed by atoms with Crippen LogP contribution in [0.2, 0.25) is 0 Å². The Hall–Kier alpha value is -3.36. The van der Waals surface area contributed by atoms with Crippen LogP contribution in [0.25, 0.3) is 5.69 Å². The van der Waals surface area contributed by atoms with Gasteiger partial charge in [0.15, 0.2) is 0 Å². The number of carbonyl (C=O) groups is 2. The van der Waals surface area contributed by atoms with Crippen LogP contribution in [0.4, 0.5) is 10.5 Å². The van der Waals surface area contributed by atoms with Crippen molar-refractivity contribution in [1.29, 1.82) is 0 Å². The van der Waals surface area contributed by atoms with Crippen molar-refractivity contribution in [3.8, 4) is 5.69 Å². The highest BCUT2D eigenvalue weighted by molar-refractivity contribution is 5.90. The number of hydrogen-bond donors (Lipinski definition) is 1. The molecule has 1 aliphatic rings. The second-order valence-electron chi connectivity index (χ2n) is 5.63. The van der Waals surface area contributed by atoms with Crippen molar-refractivity contribution in [2.24, 2.45) is 0 Å². The van der Waals surface area contributed by atoms with Gasteiger partial charge in [0.1, 0.15) is 12.2 Å². The highest BCUT2D eigenvalue weighted by Gasteiger charge is 2.24. The number of nitrogens with one attached hydrogen (secondary N) is 1. The average molecular weight is 359 g/mol. The van der Waals surface area contributed by atoms with E-state index in [0.29, 0.717) is 30.1 Å². The van der Waals surface area contributed by atoms with Gasteiger partial charge in [-0.15, -0.1) is 0 Å². The number of hydrogen-bond acceptors (Lipinski definition) is 6. The third kappa shape index (κ3) is 3.10. The molecule has 2 heterocycles. The Morgan fingerprint density at radius 1 is 1.31 bits per heavy atom. The smallest absolute Gasteiger partial charge is 0.414 e.